The fraction of sp³-hybridized carbons (Fsp3) is 1.00. The van der Waals surface area contributed by atoms with Gasteiger partial charge in [0, 0.05) is 19.2 Å². The van der Waals surface area contributed by atoms with Crippen molar-refractivity contribution in [3.63, 3.8) is 0 Å². The number of hydrogen-bond acceptors (Lipinski definition) is 3. The van der Waals surface area contributed by atoms with Gasteiger partial charge in [0.2, 0.25) is 0 Å². The van der Waals surface area contributed by atoms with Crippen molar-refractivity contribution < 1.29 is 9.84 Å². The van der Waals surface area contributed by atoms with Crippen molar-refractivity contribution >= 4 is 0 Å². The van der Waals surface area contributed by atoms with Crippen LogP contribution in [0.3, 0.4) is 0 Å². The SMILES string of the molecule is CCC(COC)N[C@@H]1CCCC[C@H]1O. The summed E-state index contributed by atoms with van der Waals surface area (Å²) in [5.41, 5.74) is 0. The summed E-state index contributed by atoms with van der Waals surface area (Å²) in [6.45, 7) is 2.88. The van der Waals surface area contributed by atoms with Gasteiger partial charge in [-0.05, 0) is 19.3 Å². The van der Waals surface area contributed by atoms with E-state index in [0.29, 0.717) is 6.04 Å². The fourth-order valence-corrected chi connectivity index (χ4v) is 2.09. The molecule has 0 aromatic carbocycles. The lowest BCUT2D eigenvalue weighted by Gasteiger charge is -2.31. The molecule has 0 aromatic heterocycles. The van der Waals surface area contributed by atoms with Crippen LogP contribution >= 0.6 is 0 Å². The van der Waals surface area contributed by atoms with Crippen LogP contribution in [-0.4, -0.2) is 37.0 Å². The second kappa shape index (κ2) is 6.38. The molecule has 3 nitrogen and oxygen atoms in total. The molecule has 0 radical (unpaired) electrons. The van der Waals surface area contributed by atoms with Gasteiger partial charge in [-0.3, -0.25) is 0 Å². The molecule has 0 aliphatic heterocycles. The number of nitrogens with one attached hydrogen (secondary N) is 1. The standard InChI is InChI=1S/C11H23NO2/c1-3-9(8-14-2)12-10-6-4-5-7-11(10)13/h9-13H,3-8H2,1-2H3/t9?,10-,11-/m1/s1. The molecular weight excluding hydrogens is 178 g/mol. The van der Waals surface area contributed by atoms with Crippen LogP contribution < -0.4 is 5.32 Å². The van der Waals surface area contributed by atoms with Crippen LogP contribution in [0.2, 0.25) is 0 Å². The summed E-state index contributed by atoms with van der Waals surface area (Å²) in [4.78, 5) is 0. The van der Waals surface area contributed by atoms with E-state index in [1.165, 1.54) is 12.8 Å². The zero-order chi connectivity index (χ0) is 10.4. The van der Waals surface area contributed by atoms with Crippen LogP contribution in [0.5, 0.6) is 0 Å². The van der Waals surface area contributed by atoms with Crippen molar-refractivity contribution in [2.24, 2.45) is 0 Å². The van der Waals surface area contributed by atoms with E-state index in [-0.39, 0.29) is 12.1 Å². The Hall–Kier alpha value is -0.120. The predicted octanol–water partition coefficient (Wildman–Crippen LogP) is 1.30. The molecule has 3 atom stereocenters. The highest BCUT2D eigenvalue weighted by Crippen LogP contribution is 2.19. The third kappa shape index (κ3) is 3.56. The highest BCUT2D eigenvalue weighted by molar-refractivity contribution is 4.83. The van der Waals surface area contributed by atoms with E-state index in [4.69, 9.17) is 4.74 Å². The van der Waals surface area contributed by atoms with Gasteiger partial charge in [0.15, 0.2) is 0 Å². The Kier molecular flexibility index (Phi) is 5.45. The van der Waals surface area contributed by atoms with Crippen molar-refractivity contribution in [1.82, 2.24) is 5.32 Å². The smallest absolute Gasteiger partial charge is 0.0693 e. The fourth-order valence-electron chi connectivity index (χ4n) is 2.09. The average Bonchev–Trinajstić information content (AvgIpc) is 2.20. The summed E-state index contributed by atoms with van der Waals surface area (Å²) >= 11 is 0. The van der Waals surface area contributed by atoms with Gasteiger partial charge in [-0.15, -0.1) is 0 Å². The highest BCUT2D eigenvalue weighted by Gasteiger charge is 2.24. The van der Waals surface area contributed by atoms with E-state index in [1.54, 1.807) is 7.11 Å². The van der Waals surface area contributed by atoms with Crippen LogP contribution in [0.1, 0.15) is 39.0 Å². The van der Waals surface area contributed by atoms with Crippen LogP contribution in [0.25, 0.3) is 0 Å². The zero-order valence-electron chi connectivity index (χ0n) is 9.33. The van der Waals surface area contributed by atoms with E-state index in [0.717, 1.165) is 25.9 Å². The number of hydrogen-bond donors (Lipinski definition) is 2. The number of aliphatic hydroxyl groups excluding tert-OH is 1. The first kappa shape index (κ1) is 12.0. The molecule has 0 spiro atoms. The molecule has 0 bridgehead atoms. The molecule has 1 fully saturated rings. The highest BCUT2D eigenvalue weighted by atomic mass is 16.5. The lowest BCUT2D eigenvalue weighted by atomic mass is 9.92. The molecular formula is C11H23NO2. The Bertz CT molecular complexity index is 152. The third-order valence-corrected chi connectivity index (χ3v) is 3.04. The van der Waals surface area contributed by atoms with Crippen molar-refractivity contribution in [3.8, 4) is 0 Å². The van der Waals surface area contributed by atoms with E-state index in [9.17, 15) is 5.11 Å². The van der Waals surface area contributed by atoms with Gasteiger partial charge in [-0.2, -0.15) is 0 Å². The minimum Gasteiger partial charge on any atom is -0.392 e. The molecule has 3 heteroatoms. The lowest BCUT2D eigenvalue weighted by molar-refractivity contribution is 0.0725. The maximum Gasteiger partial charge on any atom is 0.0693 e. The van der Waals surface area contributed by atoms with E-state index in [2.05, 4.69) is 12.2 Å². The topological polar surface area (TPSA) is 41.5 Å². The molecule has 0 saturated heterocycles. The van der Waals surface area contributed by atoms with Crippen molar-refractivity contribution in [3.05, 3.63) is 0 Å². The first-order chi connectivity index (χ1) is 6.77. The Balaban J connectivity index is 2.31. The summed E-state index contributed by atoms with van der Waals surface area (Å²) in [5, 5.41) is 13.3. The molecule has 2 N–H and O–H groups in total. The molecule has 1 aliphatic rings. The van der Waals surface area contributed by atoms with Gasteiger partial charge in [0.05, 0.1) is 12.7 Å². The molecule has 14 heavy (non-hydrogen) atoms. The minimum atomic E-state index is -0.158. The van der Waals surface area contributed by atoms with Crippen molar-refractivity contribution in [2.75, 3.05) is 13.7 Å². The number of ether oxygens (including phenoxy) is 1. The summed E-state index contributed by atoms with van der Waals surface area (Å²) < 4.78 is 5.13. The van der Waals surface area contributed by atoms with E-state index in [1.807, 2.05) is 0 Å². The normalized spacial score (nSPS) is 30.2. The van der Waals surface area contributed by atoms with Gasteiger partial charge in [-0.1, -0.05) is 19.8 Å². The Morgan fingerprint density at radius 1 is 1.43 bits per heavy atom. The monoisotopic (exact) mass is 201 g/mol. The number of methoxy groups -OCH3 is 1. The first-order valence-electron chi connectivity index (χ1n) is 5.71. The van der Waals surface area contributed by atoms with Crippen LogP contribution in [-0.2, 0) is 4.74 Å². The number of aliphatic hydroxyl groups is 1. The zero-order valence-corrected chi connectivity index (χ0v) is 9.33. The maximum absolute atomic E-state index is 9.78. The third-order valence-electron chi connectivity index (χ3n) is 3.04. The molecule has 1 rings (SSSR count). The predicted molar refractivity (Wildman–Crippen MR) is 57.4 cm³/mol. The average molecular weight is 201 g/mol. The summed E-state index contributed by atoms with van der Waals surface area (Å²) in [7, 11) is 1.72. The molecule has 1 saturated carbocycles. The largest absolute Gasteiger partial charge is 0.392 e. The van der Waals surface area contributed by atoms with Gasteiger partial charge in [0.25, 0.3) is 0 Å². The van der Waals surface area contributed by atoms with Gasteiger partial charge < -0.3 is 15.2 Å². The summed E-state index contributed by atoms with van der Waals surface area (Å²) in [5.74, 6) is 0. The van der Waals surface area contributed by atoms with Crippen LogP contribution in [0, 0.1) is 0 Å². The van der Waals surface area contributed by atoms with Crippen LogP contribution in [0.15, 0.2) is 0 Å². The Morgan fingerprint density at radius 2 is 2.14 bits per heavy atom. The van der Waals surface area contributed by atoms with Gasteiger partial charge in [-0.25, -0.2) is 0 Å². The second-order valence-corrected chi connectivity index (χ2v) is 4.19. The minimum absolute atomic E-state index is 0.158. The first-order valence-corrected chi connectivity index (χ1v) is 5.71. The maximum atomic E-state index is 9.78. The summed E-state index contributed by atoms with van der Waals surface area (Å²) in [6.07, 6.45) is 5.34. The molecule has 1 unspecified atom stereocenters. The lowest BCUT2D eigenvalue weighted by Crippen LogP contribution is -2.48. The summed E-state index contributed by atoms with van der Waals surface area (Å²) in [6, 6.07) is 0.668. The van der Waals surface area contributed by atoms with Gasteiger partial charge >= 0.3 is 0 Å². The quantitative estimate of drug-likeness (QED) is 0.704. The van der Waals surface area contributed by atoms with E-state index < -0.39 is 0 Å². The van der Waals surface area contributed by atoms with Gasteiger partial charge in [0.1, 0.15) is 0 Å². The molecule has 0 amide bonds. The van der Waals surface area contributed by atoms with Crippen molar-refractivity contribution in [2.45, 2.75) is 57.2 Å². The van der Waals surface area contributed by atoms with Crippen molar-refractivity contribution in [1.29, 1.82) is 0 Å². The van der Waals surface area contributed by atoms with E-state index >= 15 is 0 Å². The molecule has 0 heterocycles. The molecule has 84 valence electrons. The second-order valence-electron chi connectivity index (χ2n) is 4.19. The molecule has 0 aromatic rings. The molecule has 1 aliphatic carbocycles. The Labute approximate surface area is 86.8 Å². The van der Waals surface area contributed by atoms with Crippen LogP contribution in [0.4, 0.5) is 0 Å². The Morgan fingerprint density at radius 3 is 2.71 bits per heavy atom. The number of rotatable bonds is 5.